The molecule has 3 rings (SSSR count). The summed E-state index contributed by atoms with van der Waals surface area (Å²) in [6.07, 6.45) is 2.96. The molecule has 2 aromatic rings. The predicted octanol–water partition coefficient (Wildman–Crippen LogP) is 3.05. The van der Waals surface area contributed by atoms with E-state index >= 15 is 0 Å². The van der Waals surface area contributed by atoms with Crippen LogP contribution in [0.25, 0.3) is 0 Å². The van der Waals surface area contributed by atoms with Gasteiger partial charge in [0, 0.05) is 6.07 Å². The van der Waals surface area contributed by atoms with Crippen LogP contribution in [0.3, 0.4) is 0 Å². The molecule has 0 saturated heterocycles. The molecule has 142 valence electrons. The van der Waals surface area contributed by atoms with Gasteiger partial charge < -0.3 is 19.5 Å². The fourth-order valence-electron chi connectivity index (χ4n) is 3.31. The van der Waals surface area contributed by atoms with Crippen LogP contribution in [0.5, 0.6) is 11.5 Å². The molecule has 0 aromatic heterocycles. The minimum Gasteiger partial charge on any atom is -0.497 e. The molecule has 1 aliphatic carbocycles. The second kappa shape index (κ2) is 8.58. The van der Waals surface area contributed by atoms with E-state index in [0.717, 1.165) is 24.8 Å². The number of carbonyl (C=O) groups excluding carboxylic acids is 2. The smallest absolute Gasteiger partial charge is 0.341 e. The average molecular weight is 369 g/mol. The summed E-state index contributed by atoms with van der Waals surface area (Å²) < 4.78 is 15.5. The lowest BCUT2D eigenvalue weighted by Gasteiger charge is -2.26. The Hall–Kier alpha value is -3.02. The summed E-state index contributed by atoms with van der Waals surface area (Å²) in [5, 5.41) is 3.03. The third-order valence-electron chi connectivity index (χ3n) is 4.66. The van der Waals surface area contributed by atoms with Crippen LogP contribution >= 0.6 is 0 Å². The number of ether oxygens (including phenoxy) is 3. The van der Waals surface area contributed by atoms with Crippen LogP contribution < -0.4 is 14.8 Å². The first-order valence-electron chi connectivity index (χ1n) is 8.88. The van der Waals surface area contributed by atoms with Crippen LogP contribution in [0.1, 0.15) is 40.4 Å². The van der Waals surface area contributed by atoms with E-state index in [1.54, 1.807) is 18.2 Å². The Morgan fingerprint density at radius 2 is 1.96 bits per heavy atom. The predicted molar refractivity (Wildman–Crippen MR) is 100 cm³/mol. The van der Waals surface area contributed by atoms with Gasteiger partial charge in [0.2, 0.25) is 0 Å². The molecule has 1 aliphatic rings. The molecule has 1 amide bonds. The van der Waals surface area contributed by atoms with E-state index < -0.39 is 5.97 Å². The van der Waals surface area contributed by atoms with Crippen LogP contribution in [-0.2, 0) is 16.0 Å². The van der Waals surface area contributed by atoms with Gasteiger partial charge in [0.15, 0.2) is 6.61 Å². The number of hydrogen-bond donors (Lipinski definition) is 1. The Balaban J connectivity index is 1.67. The van der Waals surface area contributed by atoms with Gasteiger partial charge in [0.05, 0.1) is 20.3 Å². The van der Waals surface area contributed by atoms with Gasteiger partial charge >= 0.3 is 5.97 Å². The number of benzene rings is 2. The minimum absolute atomic E-state index is 0.0172. The Kier molecular flexibility index (Phi) is 5.96. The Bertz CT molecular complexity index is 833. The summed E-state index contributed by atoms with van der Waals surface area (Å²) in [7, 11) is 2.81. The Labute approximate surface area is 158 Å². The first-order chi connectivity index (χ1) is 13.1. The first kappa shape index (κ1) is 18.8. The average Bonchev–Trinajstić information content (AvgIpc) is 2.71. The van der Waals surface area contributed by atoms with Crippen LogP contribution in [0, 0.1) is 0 Å². The van der Waals surface area contributed by atoms with Crippen molar-refractivity contribution in [3.63, 3.8) is 0 Å². The van der Waals surface area contributed by atoms with Gasteiger partial charge in [-0.15, -0.1) is 0 Å². The van der Waals surface area contributed by atoms with Gasteiger partial charge in [-0.3, -0.25) is 4.79 Å². The quantitative estimate of drug-likeness (QED) is 0.792. The Morgan fingerprint density at radius 3 is 2.74 bits per heavy atom. The molecule has 0 aliphatic heterocycles. The second-order valence-corrected chi connectivity index (χ2v) is 6.35. The van der Waals surface area contributed by atoms with Crippen molar-refractivity contribution < 1.29 is 23.8 Å². The highest BCUT2D eigenvalue weighted by Crippen LogP contribution is 2.29. The lowest BCUT2D eigenvalue weighted by Crippen LogP contribution is -2.34. The van der Waals surface area contributed by atoms with Gasteiger partial charge in [0.1, 0.15) is 17.1 Å². The normalized spacial score (nSPS) is 15.4. The van der Waals surface area contributed by atoms with Crippen molar-refractivity contribution >= 4 is 11.9 Å². The lowest BCUT2D eigenvalue weighted by atomic mass is 9.88. The summed E-state index contributed by atoms with van der Waals surface area (Å²) in [4.78, 5) is 24.3. The second-order valence-electron chi connectivity index (χ2n) is 6.35. The molecule has 1 N–H and O–H groups in total. The maximum Gasteiger partial charge on any atom is 0.341 e. The number of nitrogens with one attached hydrogen (secondary N) is 1. The number of amides is 1. The van der Waals surface area contributed by atoms with Crippen molar-refractivity contribution in [2.24, 2.45) is 0 Å². The molecule has 2 aromatic carbocycles. The summed E-state index contributed by atoms with van der Waals surface area (Å²) in [5.74, 6) is 0.00395. The number of rotatable bonds is 6. The minimum atomic E-state index is -0.533. The van der Waals surface area contributed by atoms with E-state index in [0.29, 0.717) is 5.75 Å². The standard InChI is InChI=1S/C21H23NO5/c1-25-15-10-11-17(21(24)26-2)19(12-15)27-13-20(23)22-18-9-5-7-14-6-3-4-8-16(14)18/h3-4,6,8,10-12,18H,5,7,9,13H2,1-2H3,(H,22,23). The molecule has 0 heterocycles. The fraction of sp³-hybridized carbons (Fsp3) is 0.333. The Morgan fingerprint density at radius 1 is 1.15 bits per heavy atom. The summed E-state index contributed by atoms with van der Waals surface area (Å²) in [5.41, 5.74) is 2.68. The molecule has 27 heavy (non-hydrogen) atoms. The van der Waals surface area contributed by atoms with E-state index in [1.807, 2.05) is 12.1 Å². The largest absolute Gasteiger partial charge is 0.497 e. The van der Waals surface area contributed by atoms with Crippen LogP contribution in [0.2, 0.25) is 0 Å². The molecule has 0 saturated carbocycles. The third-order valence-corrected chi connectivity index (χ3v) is 4.66. The van der Waals surface area contributed by atoms with E-state index in [1.165, 1.54) is 19.8 Å². The maximum atomic E-state index is 12.4. The fourth-order valence-corrected chi connectivity index (χ4v) is 3.31. The highest BCUT2D eigenvalue weighted by atomic mass is 16.5. The number of carbonyl (C=O) groups is 2. The monoisotopic (exact) mass is 369 g/mol. The van der Waals surface area contributed by atoms with Crippen molar-refractivity contribution in [1.82, 2.24) is 5.32 Å². The number of aryl methyl sites for hydroxylation is 1. The molecule has 0 radical (unpaired) electrons. The van der Waals surface area contributed by atoms with Gasteiger partial charge in [-0.2, -0.15) is 0 Å². The van der Waals surface area contributed by atoms with Crippen LogP contribution in [-0.4, -0.2) is 32.7 Å². The number of fused-ring (bicyclic) bond motifs is 1. The zero-order chi connectivity index (χ0) is 19.2. The van der Waals surface area contributed by atoms with Gasteiger partial charge in [-0.05, 0) is 42.5 Å². The third kappa shape index (κ3) is 4.39. The maximum absolute atomic E-state index is 12.4. The van der Waals surface area contributed by atoms with Gasteiger partial charge in [0.25, 0.3) is 5.91 Å². The molecule has 0 fully saturated rings. The van der Waals surface area contributed by atoms with Crippen molar-refractivity contribution in [1.29, 1.82) is 0 Å². The van der Waals surface area contributed by atoms with Gasteiger partial charge in [-0.25, -0.2) is 4.79 Å². The van der Waals surface area contributed by atoms with E-state index in [4.69, 9.17) is 14.2 Å². The SMILES string of the molecule is COC(=O)c1ccc(OC)cc1OCC(=O)NC1CCCc2ccccc21. The van der Waals surface area contributed by atoms with E-state index in [2.05, 4.69) is 17.4 Å². The highest BCUT2D eigenvalue weighted by Gasteiger charge is 2.22. The van der Waals surface area contributed by atoms with Crippen molar-refractivity contribution in [3.05, 3.63) is 59.2 Å². The molecule has 0 bridgehead atoms. The molecule has 6 nitrogen and oxygen atoms in total. The molecular formula is C21H23NO5. The molecule has 1 atom stereocenters. The zero-order valence-corrected chi connectivity index (χ0v) is 15.5. The topological polar surface area (TPSA) is 73.9 Å². The first-order valence-corrected chi connectivity index (χ1v) is 8.88. The molecular weight excluding hydrogens is 346 g/mol. The summed E-state index contributed by atoms with van der Waals surface area (Å²) in [6.45, 7) is -0.199. The molecule has 1 unspecified atom stereocenters. The number of esters is 1. The van der Waals surface area contributed by atoms with Crippen molar-refractivity contribution in [2.75, 3.05) is 20.8 Å². The van der Waals surface area contributed by atoms with Crippen LogP contribution in [0.4, 0.5) is 0 Å². The number of methoxy groups -OCH3 is 2. The molecule has 6 heteroatoms. The van der Waals surface area contributed by atoms with Gasteiger partial charge in [-0.1, -0.05) is 24.3 Å². The van der Waals surface area contributed by atoms with Crippen molar-refractivity contribution in [2.45, 2.75) is 25.3 Å². The van der Waals surface area contributed by atoms with Crippen molar-refractivity contribution in [3.8, 4) is 11.5 Å². The zero-order valence-electron chi connectivity index (χ0n) is 15.5. The van der Waals surface area contributed by atoms with E-state index in [-0.39, 0.29) is 29.9 Å². The molecule has 0 spiro atoms. The lowest BCUT2D eigenvalue weighted by molar-refractivity contribution is -0.124. The summed E-state index contributed by atoms with van der Waals surface area (Å²) >= 11 is 0. The summed E-state index contributed by atoms with van der Waals surface area (Å²) in [6, 6.07) is 12.9. The highest BCUT2D eigenvalue weighted by molar-refractivity contribution is 5.93. The van der Waals surface area contributed by atoms with E-state index in [9.17, 15) is 9.59 Å². The van der Waals surface area contributed by atoms with Crippen LogP contribution in [0.15, 0.2) is 42.5 Å². The number of hydrogen-bond acceptors (Lipinski definition) is 5.